The Labute approximate surface area is 96.2 Å². The van der Waals surface area contributed by atoms with Crippen molar-refractivity contribution in [2.24, 2.45) is 0 Å². The number of imide groups is 1. The number of thiol groups is 1. The number of para-hydroxylation sites is 1. The van der Waals surface area contributed by atoms with Gasteiger partial charge in [-0.2, -0.15) is 12.6 Å². The van der Waals surface area contributed by atoms with Gasteiger partial charge in [-0.25, -0.2) is 0 Å². The first kappa shape index (κ1) is 12.2. The number of rotatable bonds is 3. The maximum absolute atomic E-state index is 11.5. The molecule has 0 fully saturated rings. The molecule has 2 amide bonds. The van der Waals surface area contributed by atoms with E-state index in [1.165, 1.54) is 24.3 Å². The molecule has 0 aromatic heterocycles. The fraction of sp³-hybridized carbons (Fsp3) is 0.111. The summed E-state index contributed by atoms with van der Waals surface area (Å²) < 4.78 is 0. The molecule has 0 radical (unpaired) electrons. The van der Waals surface area contributed by atoms with Gasteiger partial charge in [0.1, 0.15) is 5.56 Å². The molecular weight excluding hydrogens is 232 g/mol. The van der Waals surface area contributed by atoms with Gasteiger partial charge in [-0.15, -0.1) is 0 Å². The van der Waals surface area contributed by atoms with Crippen LogP contribution in [0.15, 0.2) is 24.3 Å². The van der Waals surface area contributed by atoms with Crippen LogP contribution in [-0.2, 0) is 4.79 Å². The van der Waals surface area contributed by atoms with E-state index in [0.717, 1.165) is 0 Å². The Morgan fingerprint density at radius 3 is 2.56 bits per heavy atom. The monoisotopic (exact) mass is 240 g/mol. The molecule has 0 aliphatic rings. The fourth-order valence-electron chi connectivity index (χ4n) is 1.06. The van der Waals surface area contributed by atoms with E-state index in [1.807, 2.05) is 5.32 Å². The van der Waals surface area contributed by atoms with Crippen molar-refractivity contribution in [2.45, 2.75) is 0 Å². The van der Waals surface area contributed by atoms with Crippen LogP contribution in [0.2, 0.25) is 0 Å². The number of hydrogen-bond donors (Lipinski definition) is 2. The van der Waals surface area contributed by atoms with Crippen molar-refractivity contribution in [1.29, 1.82) is 0 Å². The van der Waals surface area contributed by atoms with Gasteiger partial charge in [0, 0.05) is 6.07 Å². The van der Waals surface area contributed by atoms with Crippen molar-refractivity contribution < 1.29 is 14.5 Å². The first-order valence-corrected chi connectivity index (χ1v) is 4.88. The van der Waals surface area contributed by atoms with E-state index < -0.39 is 16.7 Å². The zero-order chi connectivity index (χ0) is 12.1. The van der Waals surface area contributed by atoms with Crippen LogP contribution >= 0.6 is 12.6 Å². The summed E-state index contributed by atoms with van der Waals surface area (Å²) in [4.78, 5) is 32.3. The van der Waals surface area contributed by atoms with E-state index in [-0.39, 0.29) is 17.0 Å². The van der Waals surface area contributed by atoms with Crippen LogP contribution in [0.3, 0.4) is 0 Å². The molecule has 84 valence electrons. The minimum absolute atomic E-state index is 0.150. The fourth-order valence-corrected chi connectivity index (χ4v) is 1.14. The Balaban J connectivity index is 2.99. The third kappa shape index (κ3) is 2.80. The number of carbonyl (C=O) groups excluding carboxylic acids is 2. The summed E-state index contributed by atoms with van der Waals surface area (Å²) in [6, 6.07) is 5.39. The van der Waals surface area contributed by atoms with Gasteiger partial charge >= 0.3 is 0 Å². The van der Waals surface area contributed by atoms with Crippen LogP contribution in [0.4, 0.5) is 5.69 Å². The maximum Gasteiger partial charge on any atom is 0.282 e. The normalized spacial score (nSPS) is 9.56. The molecule has 1 aromatic carbocycles. The quantitative estimate of drug-likeness (QED) is 0.464. The predicted molar refractivity (Wildman–Crippen MR) is 59.4 cm³/mol. The van der Waals surface area contributed by atoms with Crippen molar-refractivity contribution in [1.82, 2.24) is 5.32 Å². The lowest BCUT2D eigenvalue weighted by atomic mass is 10.1. The predicted octanol–water partition coefficient (Wildman–Crippen LogP) is 0.781. The number of nitrogens with one attached hydrogen (secondary N) is 1. The van der Waals surface area contributed by atoms with Gasteiger partial charge in [-0.3, -0.25) is 25.0 Å². The smallest absolute Gasteiger partial charge is 0.282 e. The SMILES string of the molecule is O=C(CS)NC(=O)c1ccccc1[N+](=O)[O-]. The highest BCUT2D eigenvalue weighted by Crippen LogP contribution is 2.17. The third-order valence-corrected chi connectivity index (χ3v) is 2.03. The van der Waals surface area contributed by atoms with Gasteiger partial charge in [-0.1, -0.05) is 12.1 Å². The minimum Gasteiger partial charge on any atom is -0.291 e. The summed E-state index contributed by atoms with van der Waals surface area (Å²) >= 11 is 3.67. The van der Waals surface area contributed by atoms with Crippen molar-refractivity contribution in [3.63, 3.8) is 0 Å². The Morgan fingerprint density at radius 2 is 2.00 bits per heavy atom. The highest BCUT2D eigenvalue weighted by molar-refractivity contribution is 7.81. The Hall–Kier alpha value is -1.89. The average molecular weight is 240 g/mol. The molecule has 7 heteroatoms. The van der Waals surface area contributed by atoms with Crippen LogP contribution < -0.4 is 5.32 Å². The van der Waals surface area contributed by atoms with E-state index in [1.54, 1.807) is 0 Å². The summed E-state index contributed by atoms with van der Waals surface area (Å²) in [5.41, 5.74) is -0.491. The van der Waals surface area contributed by atoms with E-state index in [2.05, 4.69) is 12.6 Å². The Morgan fingerprint density at radius 1 is 1.38 bits per heavy atom. The third-order valence-electron chi connectivity index (χ3n) is 1.74. The van der Waals surface area contributed by atoms with Crippen LogP contribution in [-0.4, -0.2) is 22.5 Å². The standard InChI is InChI=1S/C9H8N2O4S/c12-8(5-16)10-9(13)6-3-1-2-4-7(6)11(14)15/h1-4,16H,5H2,(H,10,12,13). The van der Waals surface area contributed by atoms with Gasteiger partial charge in [0.15, 0.2) is 0 Å². The van der Waals surface area contributed by atoms with Crippen molar-refractivity contribution in [3.8, 4) is 0 Å². The zero-order valence-corrected chi connectivity index (χ0v) is 8.94. The highest BCUT2D eigenvalue weighted by atomic mass is 32.1. The van der Waals surface area contributed by atoms with E-state index >= 15 is 0 Å². The molecule has 6 nitrogen and oxygen atoms in total. The van der Waals surface area contributed by atoms with Crippen molar-refractivity contribution in [2.75, 3.05) is 5.75 Å². The van der Waals surface area contributed by atoms with Gasteiger partial charge in [0.05, 0.1) is 10.7 Å². The second-order valence-electron chi connectivity index (χ2n) is 2.81. The molecule has 1 rings (SSSR count). The van der Waals surface area contributed by atoms with Gasteiger partial charge in [-0.05, 0) is 6.07 Å². The summed E-state index contributed by atoms with van der Waals surface area (Å²) in [6.07, 6.45) is 0. The van der Waals surface area contributed by atoms with E-state index in [9.17, 15) is 19.7 Å². The summed E-state index contributed by atoms with van der Waals surface area (Å²) in [7, 11) is 0. The lowest BCUT2D eigenvalue weighted by Gasteiger charge is -2.02. The molecule has 0 unspecified atom stereocenters. The Bertz CT molecular complexity index is 447. The van der Waals surface area contributed by atoms with Crippen LogP contribution in [0.1, 0.15) is 10.4 Å². The first-order chi connectivity index (χ1) is 7.56. The van der Waals surface area contributed by atoms with Crippen LogP contribution in [0, 0.1) is 10.1 Å². The lowest BCUT2D eigenvalue weighted by Crippen LogP contribution is -2.31. The van der Waals surface area contributed by atoms with Gasteiger partial charge < -0.3 is 0 Å². The molecule has 0 aliphatic carbocycles. The lowest BCUT2D eigenvalue weighted by molar-refractivity contribution is -0.385. The second-order valence-corrected chi connectivity index (χ2v) is 3.13. The molecule has 16 heavy (non-hydrogen) atoms. The topological polar surface area (TPSA) is 89.3 Å². The molecule has 0 atom stereocenters. The number of nitro groups is 1. The highest BCUT2D eigenvalue weighted by Gasteiger charge is 2.20. The maximum atomic E-state index is 11.5. The van der Waals surface area contributed by atoms with Gasteiger partial charge in [0.2, 0.25) is 5.91 Å². The van der Waals surface area contributed by atoms with Crippen molar-refractivity contribution in [3.05, 3.63) is 39.9 Å². The number of benzene rings is 1. The molecule has 0 spiro atoms. The second kappa shape index (κ2) is 5.26. The van der Waals surface area contributed by atoms with Crippen molar-refractivity contribution >= 4 is 30.1 Å². The van der Waals surface area contributed by atoms with Gasteiger partial charge in [0.25, 0.3) is 11.6 Å². The average Bonchev–Trinajstić information content (AvgIpc) is 2.28. The number of carbonyl (C=O) groups is 2. The molecule has 1 aromatic rings. The molecule has 0 heterocycles. The Kier molecular flexibility index (Phi) is 4.01. The minimum atomic E-state index is -0.800. The number of nitrogens with zero attached hydrogens (tertiary/aromatic N) is 1. The summed E-state index contributed by atoms with van der Waals surface area (Å²) in [5, 5.41) is 12.6. The summed E-state index contributed by atoms with van der Waals surface area (Å²) in [5.74, 6) is -1.57. The summed E-state index contributed by atoms with van der Waals surface area (Å²) in [6.45, 7) is 0. The largest absolute Gasteiger partial charge is 0.291 e. The van der Waals surface area contributed by atoms with E-state index in [0.29, 0.717) is 0 Å². The molecule has 0 aliphatic heterocycles. The zero-order valence-electron chi connectivity index (χ0n) is 8.04. The number of hydrogen-bond acceptors (Lipinski definition) is 5. The van der Waals surface area contributed by atoms with E-state index in [4.69, 9.17) is 0 Å². The number of amides is 2. The molecule has 1 N–H and O–H groups in total. The molecule has 0 bridgehead atoms. The molecule has 0 saturated carbocycles. The molecular formula is C9H8N2O4S. The first-order valence-electron chi connectivity index (χ1n) is 4.24. The van der Waals surface area contributed by atoms with Crippen LogP contribution in [0.5, 0.6) is 0 Å². The number of nitro benzene ring substituents is 1. The molecule has 0 saturated heterocycles. The van der Waals surface area contributed by atoms with Crippen LogP contribution in [0.25, 0.3) is 0 Å².